The number of fused-ring (bicyclic) bond motifs is 1. The van der Waals surface area contributed by atoms with E-state index in [1.54, 1.807) is 12.1 Å². The molecule has 2 aromatic heterocycles. The van der Waals surface area contributed by atoms with E-state index < -0.39 is 11.7 Å². The van der Waals surface area contributed by atoms with Gasteiger partial charge >= 0.3 is 6.01 Å². The van der Waals surface area contributed by atoms with Crippen LogP contribution in [-0.4, -0.2) is 20.7 Å². The Balaban J connectivity index is 1.52. The first-order chi connectivity index (χ1) is 17.2. The number of carbonyl (C=O) groups is 1. The van der Waals surface area contributed by atoms with Gasteiger partial charge < -0.3 is 8.98 Å². The van der Waals surface area contributed by atoms with Crippen LogP contribution >= 0.6 is 46.4 Å². The fourth-order valence-corrected chi connectivity index (χ4v) is 4.88. The third kappa shape index (κ3) is 4.80. The molecule has 0 fully saturated rings. The monoisotopic (exact) mass is 562 g/mol. The molecular formula is C25H15Cl4FN4O2. The van der Waals surface area contributed by atoms with Crippen LogP contribution in [0, 0.1) is 12.7 Å². The van der Waals surface area contributed by atoms with Crippen molar-refractivity contribution in [3.05, 3.63) is 97.3 Å². The number of amides is 1. The quantitative estimate of drug-likeness (QED) is 0.235. The van der Waals surface area contributed by atoms with Gasteiger partial charge in [0.05, 0.1) is 21.7 Å². The number of aromatic nitrogens is 3. The molecule has 0 atom stereocenters. The van der Waals surface area contributed by atoms with E-state index in [1.165, 1.54) is 30.3 Å². The predicted octanol–water partition coefficient (Wildman–Crippen LogP) is 8.05. The van der Waals surface area contributed by atoms with E-state index in [4.69, 9.17) is 50.8 Å². The first-order valence-corrected chi connectivity index (χ1v) is 12.0. The highest BCUT2D eigenvalue weighted by Gasteiger charge is 2.20. The SMILES string of the molecule is Cc1cn(Cc2ccc(Cl)cc2Cl)c2c(-c3nnc(NC(=O)c4ccc(Cl)cc4Cl)o3)cc(F)cc12. The van der Waals surface area contributed by atoms with Crippen molar-refractivity contribution in [1.82, 2.24) is 14.8 Å². The minimum absolute atomic E-state index is 0.0264. The van der Waals surface area contributed by atoms with Gasteiger partial charge in [-0.05, 0) is 60.5 Å². The highest BCUT2D eigenvalue weighted by molar-refractivity contribution is 6.37. The molecule has 0 bridgehead atoms. The lowest BCUT2D eigenvalue weighted by Gasteiger charge is -2.10. The van der Waals surface area contributed by atoms with Crippen molar-refractivity contribution in [2.45, 2.75) is 13.5 Å². The summed E-state index contributed by atoms with van der Waals surface area (Å²) in [6, 6.07) is 12.3. The Labute approximate surface area is 224 Å². The van der Waals surface area contributed by atoms with Crippen molar-refractivity contribution < 1.29 is 13.6 Å². The van der Waals surface area contributed by atoms with Crippen molar-refractivity contribution in [2.75, 3.05) is 5.32 Å². The smallest absolute Gasteiger partial charge is 0.322 e. The number of hydrogen-bond donors (Lipinski definition) is 1. The Kier molecular flexibility index (Phi) is 6.66. The van der Waals surface area contributed by atoms with Gasteiger partial charge in [0.1, 0.15) is 5.82 Å². The van der Waals surface area contributed by atoms with Crippen LogP contribution in [0.4, 0.5) is 10.4 Å². The number of hydrogen-bond acceptors (Lipinski definition) is 4. The van der Waals surface area contributed by atoms with E-state index in [1.807, 2.05) is 23.8 Å². The second-order valence-electron chi connectivity index (χ2n) is 8.02. The van der Waals surface area contributed by atoms with Crippen LogP contribution in [0.15, 0.2) is 59.1 Å². The Hall–Kier alpha value is -3.10. The minimum Gasteiger partial charge on any atom is -0.403 e. The van der Waals surface area contributed by atoms with E-state index in [0.717, 1.165) is 11.1 Å². The van der Waals surface area contributed by atoms with Gasteiger partial charge in [-0.2, -0.15) is 0 Å². The number of aryl methyl sites for hydroxylation is 1. The van der Waals surface area contributed by atoms with Crippen LogP contribution in [0.25, 0.3) is 22.4 Å². The fourth-order valence-electron chi connectivity index (χ4n) is 3.92. The normalized spacial score (nSPS) is 11.3. The maximum Gasteiger partial charge on any atom is 0.322 e. The molecule has 11 heteroatoms. The highest BCUT2D eigenvalue weighted by atomic mass is 35.5. The number of rotatable bonds is 5. The Morgan fingerprint density at radius 2 is 1.72 bits per heavy atom. The van der Waals surface area contributed by atoms with E-state index in [-0.39, 0.29) is 22.5 Å². The number of nitrogens with zero attached hydrogens (tertiary/aromatic N) is 3. The molecule has 2 heterocycles. The summed E-state index contributed by atoms with van der Waals surface area (Å²) in [5.41, 5.74) is 2.88. The Morgan fingerprint density at radius 1 is 1.00 bits per heavy atom. The van der Waals surface area contributed by atoms with Gasteiger partial charge in [0.15, 0.2) is 0 Å². The van der Waals surface area contributed by atoms with Crippen LogP contribution < -0.4 is 5.32 Å². The summed E-state index contributed by atoms with van der Waals surface area (Å²) < 4.78 is 22.2. The summed E-state index contributed by atoms with van der Waals surface area (Å²) >= 11 is 24.4. The molecule has 0 spiro atoms. The minimum atomic E-state index is -0.562. The molecule has 0 aliphatic rings. The molecule has 0 aliphatic carbocycles. The summed E-state index contributed by atoms with van der Waals surface area (Å²) in [7, 11) is 0. The third-order valence-corrected chi connectivity index (χ3v) is 6.68. The lowest BCUT2D eigenvalue weighted by Crippen LogP contribution is -2.12. The predicted molar refractivity (Wildman–Crippen MR) is 140 cm³/mol. The van der Waals surface area contributed by atoms with Crippen LogP contribution in [0.1, 0.15) is 21.5 Å². The van der Waals surface area contributed by atoms with E-state index in [0.29, 0.717) is 38.1 Å². The van der Waals surface area contributed by atoms with Gasteiger partial charge in [0.25, 0.3) is 11.8 Å². The summed E-state index contributed by atoms with van der Waals surface area (Å²) in [4.78, 5) is 12.6. The lowest BCUT2D eigenvalue weighted by molar-refractivity contribution is 0.102. The van der Waals surface area contributed by atoms with Gasteiger partial charge in [0, 0.05) is 33.2 Å². The molecule has 36 heavy (non-hydrogen) atoms. The largest absolute Gasteiger partial charge is 0.403 e. The maximum atomic E-state index is 14.6. The molecule has 0 aliphatic heterocycles. The second kappa shape index (κ2) is 9.75. The van der Waals surface area contributed by atoms with Crippen LogP contribution in [0.5, 0.6) is 0 Å². The number of benzene rings is 3. The van der Waals surface area contributed by atoms with Gasteiger partial charge in [-0.25, -0.2) is 4.39 Å². The topological polar surface area (TPSA) is 73.0 Å². The number of halogens is 5. The van der Waals surface area contributed by atoms with Crippen molar-refractivity contribution in [3.8, 4) is 11.5 Å². The zero-order valence-electron chi connectivity index (χ0n) is 18.5. The third-order valence-electron chi connectivity index (χ3n) is 5.54. The highest BCUT2D eigenvalue weighted by Crippen LogP contribution is 2.34. The summed E-state index contributed by atoms with van der Waals surface area (Å²) in [5.74, 6) is -1.01. The van der Waals surface area contributed by atoms with Crippen molar-refractivity contribution >= 4 is 69.2 Å². The van der Waals surface area contributed by atoms with Crippen LogP contribution in [-0.2, 0) is 6.54 Å². The number of nitrogens with one attached hydrogen (secondary N) is 1. The maximum absolute atomic E-state index is 14.6. The molecule has 0 saturated heterocycles. The van der Waals surface area contributed by atoms with Crippen molar-refractivity contribution in [2.24, 2.45) is 0 Å². The average Bonchev–Trinajstić information content (AvgIpc) is 3.39. The molecular weight excluding hydrogens is 549 g/mol. The molecule has 0 saturated carbocycles. The molecule has 0 unspecified atom stereocenters. The van der Waals surface area contributed by atoms with Crippen molar-refractivity contribution in [1.29, 1.82) is 0 Å². The second-order valence-corrected chi connectivity index (χ2v) is 9.70. The molecule has 3 aromatic carbocycles. The van der Waals surface area contributed by atoms with Gasteiger partial charge in [-0.1, -0.05) is 57.6 Å². The first kappa shape index (κ1) is 24.6. The summed E-state index contributed by atoms with van der Waals surface area (Å²) in [6.45, 7) is 2.27. The Morgan fingerprint density at radius 3 is 2.44 bits per heavy atom. The standard InChI is InChI=1S/C25H15Cl4FN4O2/c1-12-10-34(11-13-2-3-14(26)6-20(13)28)22-18(12)8-16(30)9-19(22)24-32-33-25(36-24)31-23(35)17-5-4-15(27)7-21(17)29/h2-10H,11H2,1H3,(H,31,33,35). The van der Waals surface area contributed by atoms with Gasteiger partial charge in [-0.3, -0.25) is 10.1 Å². The van der Waals surface area contributed by atoms with E-state index in [2.05, 4.69) is 15.5 Å². The molecule has 6 nitrogen and oxygen atoms in total. The number of carbonyl (C=O) groups excluding carboxylic acids is 1. The average molecular weight is 564 g/mol. The molecule has 1 N–H and O–H groups in total. The summed E-state index contributed by atoms with van der Waals surface area (Å²) in [5, 5.41) is 12.7. The van der Waals surface area contributed by atoms with Crippen LogP contribution in [0.2, 0.25) is 20.1 Å². The molecule has 182 valence electrons. The van der Waals surface area contributed by atoms with Crippen molar-refractivity contribution in [3.63, 3.8) is 0 Å². The molecule has 5 rings (SSSR count). The van der Waals surface area contributed by atoms with Gasteiger partial charge in [-0.15, -0.1) is 5.10 Å². The van der Waals surface area contributed by atoms with Crippen LogP contribution in [0.3, 0.4) is 0 Å². The zero-order chi connectivity index (χ0) is 25.6. The van der Waals surface area contributed by atoms with E-state index in [9.17, 15) is 9.18 Å². The first-order valence-electron chi connectivity index (χ1n) is 10.5. The fraction of sp³-hybridized carbons (Fsp3) is 0.0800. The van der Waals surface area contributed by atoms with E-state index >= 15 is 0 Å². The molecule has 5 aromatic rings. The molecule has 0 radical (unpaired) electrons. The number of anilines is 1. The zero-order valence-corrected chi connectivity index (χ0v) is 21.5. The van der Waals surface area contributed by atoms with Gasteiger partial charge in [0.2, 0.25) is 0 Å². The lowest BCUT2D eigenvalue weighted by atomic mass is 10.1. The molecule has 1 amide bonds. The summed E-state index contributed by atoms with van der Waals surface area (Å²) in [6.07, 6.45) is 1.89. The Bertz CT molecular complexity index is 1650.